The molecule has 1 aliphatic heterocycles. The first-order chi connectivity index (χ1) is 8.42. The zero-order valence-corrected chi connectivity index (χ0v) is 9.50. The largest absolute Gasteiger partial charge is 0.491 e. The highest BCUT2D eigenvalue weighted by atomic mass is 16.6. The second-order valence-electron chi connectivity index (χ2n) is 4.16. The van der Waals surface area contributed by atoms with Crippen LogP contribution in [0.2, 0.25) is 0 Å². The molecule has 86 valence electrons. The molecule has 0 saturated carbocycles. The van der Waals surface area contributed by atoms with Crippen molar-refractivity contribution < 1.29 is 9.47 Å². The molecule has 2 heteroatoms. The molecule has 1 saturated heterocycles. The monoisotopic (exact) mass is 226 g/mol. The lowest BCUT2D eigenvalue weighted by atomic mass is 10.1. The predicted octanol–water partition coefficient (Wildman–Crippen LogP) is 3.13. The maximum atomic E-state index is 5.60. The number of rotatable bonds is 4. The van der Waals surface area contributed by atoms with Crippen LogP contribution in [0.4, 0.5) is 0 Å². The summed E-state index contributed by atoms with van der Waals surface area (Å²) in [6, 6.07) is 18.5. The van der Waals surface area contributed by atoms with Gasteiger partial charge in [0.15, 0.2) is 0 Å². The van der Waals surface area contributed by atoms with Crippen LogP contribution in [0.3, 0.4) is 0 Å². The normalized spacial score (nSPS) is 17.8. The van der Waals surface area contributed by atoms with Crippen LogP contribution in [0.15, 0.2) is 54.6 Å². The molecule has 0 unspecified atom stereocenters. The second-order valence-corrected chi connectivity index (χ2v) is 4.16. The third-order valence-corrected chi connectivity index (χ3v) is 2.80. The molecule has 2 aromatic carbocycles. The Morgan fingerprint density at radius 2 is 1.59 bits per heavy atom. The molecule has 1 atom stereocenters. The van der Waals surface area contributed by atoms with Gasteiger partial charge in [-0.25, -0.2) is 0 Å². The Kier molecular flexibility index (Phi) is 2.80. The lowest BCUT2D eigenvalue weighted by molar-refractivity contribution is 0.263. The molecule has 1 aliphatic rings. The smallest absolute Gasteiger partial charge is 0.119 e. The minimum absolute atomic E-state index is 0.309. The molecule has 3 rings (SSSR count). The maximum Gasteiger partial charge on any atom is 0.119 e. The molecule has 0 aliphatic carbocycles. The van der Waals surface area contributed by atoms with Crippen molar-refractivity contribution in [2.75, 3.05) is 13.2 Å². The Hall–Kier alpha value is -1.80. The van der Waals surface area contributed by atoms with Gasteiger partial charge >= 0.3 is 0 Å². The van der Waals surface area contributed by atoms with E-state index in [2.05, 4.69) is 24.3 Å². The van der Waals surface area contributed by atoms with Crippen molar-refractivity contribution in [1.29, 1.82) is 0 Å². The number of hydrogen-bond donors (Lipinski definition) is 0. The van der Waals surface area contributed by atoms with Crippen LogP contribution >= 0.6 is 0 Å². The van der Waals surface area contributed by atoms with Crippen LogP contribution < -0.4 is 4.74 Å². The molecule has 0 N–H and O–H groups in total. The van der Waals surface area contributed by atoms with Gasteiger partial charge in [-0.3, -0.25) is 0 Å². The van der Waals surface area contributed by atoms with Gasteiger partial charge in [-0.2, -0.15) is 0 Å². The molecular weight excluding hydrogens is 212 g/mol. The highest BCUT2D eigenvalue weighted by Gasteiger charge is 2.22. The summed E-state index contributed by atoms with van der Waals surface area (Å²) >= 11 is 0. The van der Waals surface area contributed by atoms with E-state index in [0.29, 0.717) is 12.7 Å². The van der Waals surface area contributed by atoms with E-state index >= 15 is 0 Å². The molecule has 0 radical (unpaired) electrons. The first-order valence-electron chi connectivity index (χ1n) is 5.82. The highest BCUT2D eigenvalue weighted by molar-refractivity contribution is 5.63. The molecule has 1 fully saturated rings. The summed E-state index contributed by atoms with van der Waals surface area (Å²) in [7, 11) is 0. The highest BCUT2D eigenvalue weighted by Crippen LogP contribution is 2.22. The minimum atomic E-state index is 0.309. The first-order valence-corrected chi connectivity index (χ1v) is 5.82. The van der Waals surface area contributed by atoms with E-state index in [0.717, 1.165) is 12.4 Å². The third kappa shape index (κ3) is 2.66. The summed E-state index contributed by atoms with van der Waals surface area (Å²) in [6.07, 6.45) is 0.309. The lowest BCUT2D eigenvalue weighted by Gasteiger charge is -2.05. The standard InChI is InChI=1S/C15H14O2/c1-2-4-12(5-3-1)13-6-8-14(9-7-13)16-10-15-11-17-15/h1-9,15H,10-11H2/t15-/m0/s1. The number of epoxide rings is 1. The van der Waals surface area contributed by atoms with E-state index in [-0.39, 0.29) is 0 Å². The van der Waals surface area contributed by atoms with Gasteiger partial charge in [0, 0.05) is 0 Å². The third-order valence-electron chi connectivity index (χ3n) is 2.80. The molecule has 0 aromatic heterocycles. The summed E-state index contributed by atoms with van der Waals surface area (Å²) in [5.74, 6) is 0.903. The van der Waals surface area contributed by atoms with Crippen molar-refractivity contribution >= 4 is 0 Å². The Morgan fingerprint density at radius 1 is 0.941 bits per heavy atom. The van der Waals surface area contributed by atoms with Gasteiger partial charge in [0.25, 0.3) is 0 Å². The van der Waals surface area contributed by atoms with Crippen LogP contribution in [0.1, 0.15) is 0 Å². The number of benzene rings is 2. The molecule has 17 heavy (non-hydrogen) atoms. The summed E-state index contributed by atoms with van der Waals surface area (Å²) in [6.45, 7) is 1.49. The Morgan fingerprint density at radius 3 is 2.24 bits per heavy atom. The topological polar surface area (TPSA) is 21.8 Å². The van der Waals surface area contributed by atoms with Crippen molar-refractivity contribution in [3.63, 3.8) is 0 Å². The SMILES string of the molecule is c1ccc(-c2ccc(OC[C@H]3CO3)cc2)cc1. The molecule has 0 bridgehead atoms. The zero-order chi connectivity index (χ0) is 11.5. The minimum Gasteiger partial charge on any atom is -0.491 e. The summed E-state index contributed by atoms with van der Waals surface area (Å²) in [5.41, 5.74) is 2.44. The van der Waals surface area contributed by atoms with Crippen molar-refractivity contribution in [3.05, 3.63) is 54.6 Å². The number of ether oxygens (including phenoxy) is 2. The maximum absolute atomic E-state index is 5.60. The summed E-state index contributed by atoms with van der Waals surface area (Å²) in [5, 5.41) is 0. The fourth-order valence-electron chi connectivity index (χ4n) is 1.73. The van der Waals surface area contributed by atoms with Crippen molar-refractivity contribution in [2.24, 2.45) is 0 Å². The van der Waals surface area contributed by atoms with E-state index < -0.39 is 0 Å². The van der Waals surface area contributed by atoms with Crippen molar-refractivity contribution in [2.45, 2.75) is 6.10 Å². The fraction of sp³-hybridized carbons (Fsp3) is 0.200. The van der Waals surface area contributed by atoms with Gasteiger partial charge in [-0.15, -0.1) is 0 Å². The molecule has 2 aromatic rings. The fourth-order valence-corrected chi connectivity index (χ4v) is 1.73. The van der Waals surface area contributed by atoms with E-state index in [1.807, 2.05) is 30.3 Å². The van der Waals surface area contributed by atoms with E-state index in [1.165, 1.54) is 11.1 Å². The molecule has 0 amide bonds. The van der Waals surface area contributed by atoms with E-state index in [1.54, 1.807) is 0 Å². The summed E-state index contributed by atoms with van der Waals surface area (Å²) < 4.78 is 10.7. The van der Waals surface area contributed by atoms with Crippen LogP contribution in [-0.4, -0.2) is 19.3 Å². The average Bonchev–Trinajstić information content (AvgIpc) is 3.22. The molecule has 1 heterocycles. The van der Waals surface area contributed by atoms with Gasteiger partial charge in [0.1, 0.15) is 18.5 Å². The van der Waals surface area contributed by atoms with Gasteiger partial charge in [-0.1, -0.05) is 42.5 Å². The van der Waals surface area contributed by atoms with Crippen LogP contribution in [0, 0.1) is 0 Å². The first kappa shape index (κ1) is 10.4. The van der Waals surface area contributed by atoms with E-state index in [4.69, 9.17) is 9.47 Å². The second kappa shape index (κ2) is 4.60. The van der Waals surface area contributed by atoms with Crippen LogP contribution in [0.25, 0.3) is 11.1 Å². The van der Waals surface area contributed by atoms with Gasteiger partial charge in [0.2, 0.25) is 0 Å². The summed E-state index contributed by atoms with van der Waals surface area (Å²) in [4.78, 5) is 0. The predicted molar refractivity (Wildman–Crippen MR) is 67.1 cm³/mol. The molecular formula is C15H14O2. The van der Waals surface area contributed by atoms with Crippen molar-refractivity contribution in [1.82, 2.24) is 0 Å². The Bertz CT molecular complexity index is 472. The molecule has 2 nitrogen and oxygen atoms in total. The van der Waals surface area contributed by atoms with Crippen molar-refractivity contribution in [3.8, 4) is 16.9 Å². The van der Waals surface area contributed by atoms with Crippen LogP contribution in [0.5, 0.6) is 5.75 Å². The zero-order valence-electron chi connectivity index (χ0n) is 9.50. The lowest BCUT2D eigenvalue weighted by Crippen LogP contribution is -2.03. The Balaban J connectivity index is 1.70. The number of hydrogen-bond acceptors (Lipinski definition) is 2. The van der Waals surface area contributed by atoms with E-state index in [9.17, 15) is 0 Å². The van der Waals surface area contributed by atoms with Gasteiger partial charge in [0.05, 0.1) is 6.61 Å². The quantitative estimate of drug-likeness (QED) is 0.747. The average molecular weight is 226 g/mol. The molecule has 0 spiro atoms. The van der Waals surface area contributed by atoms with Crippen LogP contribution in [-0.2, 0) is 4.74 Å². The Labute approximate surface area is 101 Å². The van der Waals surface area contributed by atoms with Gasteiger partial charge in [-0.05, 0) is 23.3 Å². The van der Waals surface area contributed by atoms with Gasteiger partial charge < -0.3 is 9.47 Å².